The van der Waals surface area contributed by atoms with Gasteiger partial charge in [0, 0.05) is 13.0 Å². The summed E-state index contributed by atoms with van der Waals surface area (Å²) in [5.74, 6) is 2.47. The Kier molecular flexibility index (Phi) is 1.14. The molecule has 1 unspecified atom stereocenters. The van der Waals surface area contributed by atoms with Crippen LogP contribution in [0, 0.1) is 11.8 Å². The SMILES string of the molecule is Cn1nncc1C1[C@H]2CNC[C@@H]12. The summed E-state index contributed by atoms with van der Waals surface area (Å²) in [6.45, 7) is 2.36. The van der Waals surface area contributed by atoms with Crippen LogP contribution in [0.15, 0.2) is 6.20 Å². The van der Waals surface area contributed by atoms with E-state index in [2.05, 4.69) is 15.6 Å². The summed E-state index contributed by atoms with van der Waals surface area (Å²) in [7, 11) is 1.98. The lowest BCUT2D eigenvalue weighted by atomic mass is 10.2. The lowest BCUT2D eigenvalue weighted by molar-refractivity contribution is 0.621. The van der Waals surface area contributed by atoms with Crippen molar-refractivity contribution in [2.45, 2.75) is 5.92 Å². The number of rotatable bonds is 1. The molecule has 3 rings (SSSR count). The molecule has 1 aromatic heterocycles. The van der Waals surface area contributed by atoms with Crippen molar-refractivity contribution in [1.29, 1.82) is 0 Å². The molecule has 1 N–H and O–H groups in total. The van der Waals surface area contributed by atoms with Gasteiger partial charge in [-0.1, -0.05) is 5.21 Å². The fourth-order valence-corrected chi connectivity index (χ4v) is 2.46. The van der Waals surface area contributed by atoms with Gasteiger partial charge in [-0.05, 0) is 24.9 Å². The topological polar surface area (TPSA) is 42.7 Å². The van der Waals surface area contributed by atoms with Gasteiger partial charge in [0.25, 0.3) is 0 Å². The number of nitrogens with zero attached hydrogens (tertiary/aromatic N) is 3. The van der Waals surface area contributed by atoms with Gasteiger partial charge in [0.2, 0.25) is 0 Å². The van der Waals surface area contributed by atoms with E-state index in [1.165, 1.54) is 18.8 Å². The molecule has 0 radical (unpaired) electrons. The maximum Gasteiger partial charge on any atom is 0.0728 e. The highest BCUT2D eigenvalue weighted by Gasteiger charge is 2.54. The molecule has 1 aliphatic carbocycles. The summed E-state index contributed by atoms with van der Waals surface area (Å²) in [6.07, 6.45) is 1.91. The van der Waals surface area contributed by atoms with Gasteiger partial charge in [0.1, 0.15) is 0 Å². The predicted octanol–water partition coefficient (Wildman–Crippen LogP) is -0.252. The molecule has 12 heavy (non-hydrogen) atoms. The van der Waals surface area contributed by atoms with E-state index in [-0.39, 0.29) is 0 Å². The van der Waals surface area contributed by atoms with Crippen molar-refractivity contribution in [2.75, 3.05) is 13.1 Å². The minimum atomic E-state index is 0.742. The molecule has 4 nitrogen and oxygen atoms in total. The minimum absolute atomic E-state index is 0.742. The van der Waals surface area contributed by atoms with Crippen LogP contribution in [0.1, 0.15) is 11.6 Å². The fourth-order valence-electron chi connectivity index (χ4n) is 2.46. The van der Waals surface area contributed by atoms with Crippen LogP contribution in [-0.2, 0) is 7.05 Å². The second-order valence-corrected chi connectivity index (χ2v) is 3.79. The smallest absolute Gasteiger partial charge is 0.0728 e. The molecular weight excluding hydrogens is 152 g/mol. The third-order valence-electron chi connectivity index (χ3n) is 3.18. The lowest BCUT2D eigenvalue weighted by Gasteiger charge is -2.02. The van der Waals surface area contributed by atoms with E-state index < -0.39 is 0 Å². The molecule has 0 aromatic carbocycles. The van der Waals surface area contributed by atoms with Crippen LogP contribution in [0.25, 0.3) is 0 Å². The zero-order chi connectivity index (χ0) is 8.13. The molecule has 0 bridgehead atoms. The fraction of sp³-hybridized carbons (Fsp3) is 0.750. The zero-order valence-electron chi connectivity index (χ0n) is 7.07. The molecule has 0 spiro atoms. The van der Waals surface area contributed by atoms with E-state index >= 15 is 0 Å². The number of fused-ring (bicyclic) bond motifs is 1. The van der Waals surface area contributed by atoms with Gasteiger partial charge >= 0.3 is 0 Å². The van der Waals surface area contributed by atoms with Crippen LogP contribution in [0.5, 0.6) is 0 Å². The average Bonchev–Trinajstić information content (AvgIpc) is 2.56. The Morgan fingerprint density at radius 3 is 2.83 bits per heavy atom. The van der Waals surface area contributed by atoms with Crippen molar-refractivity contribution >= 4 is 0 Å². The predicted molar refractivity (Wildman–Crippen MR) is 43.6 cm³/mol. The van der Waals surface area contributed by atoms with Crippen molar-refractivity contribution < 1.29 is 0 Å². The number of hydrogen-bond acceptors (Lipinski definition) is 3. The van der Waals surface area contributed by atoms with Crippen molar-refractivity contribution in [1.82, 2.24) is 20.3 Å². The van der Waals surface area contributed by atoms with Gasteiger partial charge in [0.05, 0.1) is 11.9 Å². The summed E-state index contributed by atoms with van der Waals surface area (Å²) in [5, 5.41) is 11.2. The first-order chi connectivity index (χ1) is 5.88. The highest BCUT2D eigenvalue weighted by Crippen LogP contribution is 2.55. The first kappa shape index (κ1) is 6.60. The Morgan fingerprint density at radius 2 is 2.25 bits per heavy atom. The van der Waals surface area contributed by atoms with Gasteiger partial charge in [-0.25, -0.2) is 0 Å². The largest absolute Gasteiger partial charge is 0.316 e. The van der Waals surface area contributed by atoms with Crippen LogP contribution in [0.2, 0.25) is 0 Å². The highest BCUT2D eigenvalue weighted by atomic mass is 15.4. The molecule has 3 atom stereocenters. The molecule has 2 heterocycles. The molecular formula is C8H12N4. The third kappa shape index (κ3) is 0.705. The number of aromatic nitrogens is 3. The van der Waals surface area contributed by atoms with Crippen molar-refractivity contribution in [2.24, 2.45) is 18.9 Å². The second kappa shape index (κ2) is 2.07. The number of nitrogens with one attached hydrogen (secondary N) is 1. The Hall–Kier alpha value is -0.900. The van der Waals surface area contributed by atoms with Gasteiger partial charge in [-0.15, -0.1) is 5.10 Å². The van der Waals surface area contributed by atoms with E-state index in [9.17, 15) is 0 Å². The third-order valence-corrected chi connectivity index (χ3v) is 3.18. The van der Waals surface area contributed by atoms with Crippen LogP contribution in [-0.4, -0.2) is 28.1 Å². The van der Waals surface area contributed by atoms with E-state index in [0.717, 1.165) is 17.8 Å². The van der Waals surface area contributed by atoms with Crippen LogP contribution in [0.4, 0.5) is 0 Å². The molecule has 2 aliphatic rings. The molecule has 1 saturated carbocycles. The molecule has 1 aromatic rings. The summed E-state index contributed by atoms with van der Waals surface area (Å²) in [4.78, 5) is 0. The van der Waals surface area contributed by atoms with Crippen LogP contribution < -0.4 is 5.32 Å². The van der Waals surface area contributed by atoms with Crippen molar-refractivity contribution in [3.05, 3.63) is 11.9 Å². The summed E-state index contributed by atoms with van der Waals surface area (Å²) >= 11 is 0. The van der Waals surface area contributed by atoms with Gasteiger partial charge in [-0.2, -0.15) is 0 Å². The van der Waals surface area contributed by atoms with Crippen LogP contribution >= 0.6 is 0 Å². The first-order valence-electron chi connectivity index (χ1n) is 4.43. The molecule has 1 aliphatic heterocycles. The monoisotopic (exact) mass is 164 g/mol. The second-order valence-electron chi connectivity index (χ2n) is 3.79. The summed E-state index contributed by atoms with van der Waals surface area (Å²) in [6, 6.07) is 0. The Bertz CT molecular complexity index is 296. The summed E-state index contributed by atoms with van der Waals surface area (Å²) in [5.41, 5.74) is 1.31. The molecule has 2 fully saturated rings. The zero-order valence-corrected chi connectivity index (χ0v) is 7.07. The van der Waals surface area contributed by atoms with E-state index in [0.29, 0.717) is 0 Å². The van der Waals surface area contributed by atoms with Gasteiger partial charge in [0.15, 0.2) is 0 Å². The van der Waals surface area contributed by atoms with E-state index in [1.807, 2.05) is 17.9 Å². The van der Waals surface area contributed by atoms with Crippen molar-refractivity contribution in [3.63, 3.8) is 0 Å². The lowest BCUT2D eigenvalue weighted by Crippen LogP contribution is -2.15. The van der Waals surface area contributed by atoms with Gasteiger partial charge < -0.3 is 5.32 Å². The summed E-state index contributed by atoms with van der Waals surface area (Å²) < 4.78 is 1.91. The Labute approximate surface area is 71.0 Å². The first-order valence-corrected chi connectivity index (χ1v) is 4.43. The van der Waals surface area contributed by atoms with Gasteiger partial charge in [-0.3, -0.25) is 4.68 Å². The Morgan fingerprint density at radius 1 is 1.50 bits per heavy atom. The van der Waals surface area contributed by atoms with E-state index in [1.54, 1.807) is 0 Å². The minimum Gasteiger partial charge on any atom is -0.316 e. The number of aryl methyl sites for hydroxylation is 1. The molecule has 0 amide bonds. The number of piperidine rings is 1. The Balaban J connectivity index is 1.89. The number of hydrogen-bond donors (Lipinski definition) is 1. The molecule has 64 valence electrons. The molecule has 4 heteroatoms. The van der Waals surface area contributed by atoms with E-state index in [4.69, 9.17) is 0 Å². The maximum atomic E-state index is 3.95. The quantitative estimate of drug-likeness (QED) is 0.622. The average molecular weight is 164 g/mol. The molecule has 1 saturated heterocycles. The standard InChI is InChI=1S/C8H12N4/c1-12-7(4-10-11-12)8-5-2-9-3-6(5)8/h4-6,8-9H,2-3H2,1H3/t5-,6+,8?. The normalized spacial score (nSPS) is 38.2. The van der Waals surface area contributed by atoms with Crippen LogP contribution in [0.3, 0.4) is 0 Å². The van der Waals surface area contributed by atoms with Crippen molar-refractivity contribution in [3.8, 4) is 0 Å². The highest BCUT2D eigenvalue weighted by molar-refractivity contribution is 5.22. The maximum absolute atomic E-state index is 3.95.